The Balaban J connectivity index is 0. The predicted octanol–water partition coefficient (Wildman–Crippen LogP) is 5.59. The van der Waals surface area contributed by atoms with Gasteiger partial charge in [0.25, 0.3) is 0 Å². The van der Waals surface area contributed by atoms with Crippen LogP contribution in [0.15, 0.2) is 12.2 Å². The highest BCUT2D eigenvalue weighted by Crippen LogP contribution is 2.25. The molecule has 0 bridgehead atoms. The van der Waals surface area contributed by atoms with Gasteiger partial charge in [-0.2, -0.15) is 0 Å². The third kappa shape index (κ3) is 11.7. The summed E-state index contributed by atoms with van der Waals surface area (Å²) in [6.45, 7) is 13.2. The number of unbranched alkanes of at least 4 members (excludes halogenated alkanes) is 1. The maximum atomic E-state index is 2.35. The van der Waals surface area contributed by atoms with Crippen molar-refractivity contribution in [2.45, 2.75) is 73.6 Å². The Morgan fingerprint density at radius 1 is 0.929 bits per heavy atom. The minimum Gasteiger partial charge on any atom is -0.0885 e. The van der Waals surface area contributed by atoms with Crippen molar-refractivity contribution in [2.75, 3.05) is 0 Å². The summed E-state index contributed by atoms with van der Waals surface area (Å²) >= 11 is 0. The molecule has 14 heavy (non-hydrogen) atoms. The van der Waals surface area contributed by atoms with Crippen molar-refractivity contribution in [2.24, 2.45) is 5.41 Å². The van der Waals surface area contributed by atoms with Gasteiger partial charge in [-0.15, -0.1) is 0 Å². The molecule has 0 aromatic heterocycles. The molecule has 0 rings (SSSR count). The molecule has 0 fully saturated rings. The molecule has 0 N–H and O–H groups in total. The molecule has 0 radical (unpaired) electrons. The molecule has 0 amide bonds. The Morgan fingerprint density at radius 3 is 1.86 bits per heavy atom. The van der Waals surface area contributed by atoms with Gasteiger partial charge in [-0.05, 0) is 24.7 Å². The van der Waals surface area contributed by atoms with E-state index in [9.17, 15) is 0 Å². The van der Waals surface area contributed by atoms with Crippen LogP contribution < -0.4 is 0 Å². The quantitative estimate of drug-likeness (QED) is 0.488. The summed E-state index contributed by atoms with van der Waals surface area (Å²) in [5.74, 6) is 0. The van der Waals surface area contributed by atoms with E-state index in [0.29, 0.717) is 5.41 Å². The first-order valence-corrected chi connectivity index (χ1v) is 6.27. The first kappa shape index (κ1) is 16.2. The van der Waals surface area contributed by atoms with Crippen molar-refractivity contribution < 1.29 is 0 Å². The van der Waals surface area contributed by atoms with Gasteiger partial charge in [0.1, 0.15) is 0 Å². The summed E-state index contributed by atoms with van der Waals surface area (Å²) < 4.78 is 0. The van der Waals surface area contributed by atoms with E-state index >= 15 is 0 Å². The van der Waals surface area contributed by atoms with Crippen molar-refractivity contribution in [1.82, 2.24) is 0 Å². The summed E-state index contributed by atoms with van der Waals surface area (Å²) in [5, 5.41) is 0. The first-order chi connectivity index (χ1) is 6.62. The molecular formula is C14H30. The van der Waals surface area contributed by atoms with Crippen LogP contribution in [0.25, 0.3) is 0 Å². The lowest BCUT2D eigenvalue weighted by molar-refractivity contribution is 0.325. The lowest BCUT2D eigenvalue weighted by Gasteiger charge is -2.21. The van der Waals surface area contributed by atoms with Crippen molar-refractivity contribution in [3.63, 3.8) is 0 Å². The van der Waals surface area contributed by atoms with Gasteiger partial charge < -0.3 is 0 Å². The van der Waals surface area contributed by atoms with Gasteiger partial charge in [0.05, 0.1) is 0 Å². The zero-order chi connectivity index (χ0) is 11.4. The van der Waals surface area contributed by atoms with Gasteiger partial charge in [0.15, 0.2) is 0 Å². The van der Waals surface area contributed by atoms with Crippen LogP contribution in [0.2, 0.25) is 0 Å². The number of allylic oxidation sites excluding steroid dienone is 2. The van der Waals surface area contributed by atoms with Crippen molar-refractivity contribution in [1.29, 1.82) is 0 Å². The summed E-state index contributed by atoms with van der Waals surface area (Å²) in [6, 6.07) is 0. The fourth-order valence-corrected chi connectivity index (χ4v) is 1.05. The second-order valence-corrected chi connectivity index (χ2v) is 4.32. The van der Waals surface area contributed by atoms with Crippen molar-refractivity contribution in [3.8, 4) is 0 Å². The summed E-state index contributed by atoms with van der Waals surface area (Å²) in [4.78, 5) is 0. The zero-order valence-corrected chi connectivity index (χ0v) is 11.2. The molecule has 0 saturated carbocycles. The summed E-state index contributed by atoms with van der Waals surface area (Å²) in [5.41, 5.74) is 0.538. The second kappa shape index (κ2) is 10.8. The highest BCUT2D eigenvalue weighted by Gasteiger charge is 2.12. The van der Waals surface area contributed by atoms with Crippen LogP contribution in [-0.2, 0) is 0 Å². The molecule has 0 nitrogen and oxygen atoms in total. The molecule has 0 heteroatoms. The molecule has 0 atom stereocenters. The van der Waals surface area contributed by atoms with Crippen LogP contribution in [-0.4, -0.2) is 0 Å². The Kier molecular flexibility index (Phi) is 12.5. The molecule has 86 valence electrons. The van der Waals surface area contributed by atoms with Crippen LogP contribution in [0, 0.1) is 5.41 Å². The van der Waals surface area contributed by atoms with Crippen LogP contribution in [0.4, 0.5) is 0 Å². The Labute approximate surface area is 91.8 Å². The normalized spacial score (nSPS) is 11.3. The Bertz CT molecular complexity index is 120. The van der Waals surface area contributed by atoms with Crippen LogP contribution >= 0.6 is 0 Å². The topological polar surface area (TPSA) is 0 Å². The molecule has 0 aliphatic carbocycles. The van der Waals surface area contributed by atoms with Crippen LogP contribution in [0.5, 0.6) is 0 Å². The zero-order valence-electron chi connectivity index (χ0n) is 11.2. The maximum absolute atomic E-state index is 2.35. The van der Waals surface area contributed by atoms with Gasteiger partial charge >= 0.3 is 0 Å². The van der Waals surface area contributed by atoms with Gasteiger partial charge in [-0.3, -0.25) is 0 Å². The predicted molar refractivity (Wildman–Crippen MR) is 68.7 cm³/mol. The van der Waals surface area contributed by atoms with Gasteiger partial charge in [-0.1, -0.05) is 66.5 Å². The minimum absolute atomic E-state index is 0.538. The van der Waals surface area contributed by atoms with E-state index in [1.165, 1.54) is 32.1 Å². The van der Waals surface area contributed by atoms with Gasteiger partial charge in [0.2, 0.25) is 0 Å². The Morgan fingerprint density at radius 2 is 1.43 bits per heavy atom. The summed E-state index contributed by atoms with van der Waals surface area (Å²) in [7, 11) is 0. The van der Waals surface area contributed by atoms with E-state index < -0.39 is 0 Å². The molecule has 0 spiro atoms. The largest absolute Gasteiger partial charge is 0.0885 e. The van der Waals surface area contributed by atoms with E-state index in [-0.39, 0.29) is 0 Å². The molecule has 0 unspecified atom stereocenters. The number of rotatable bonds is 6. The van der Waals surface area contributed by atoms with Crippen LogP contribution in [0.1, 0.15) is 73.6 Å². The molecule has 0 aromatic carbocycles. The SMILES string of the molecule is CC.CCC/C=C\CCC(C)(C)CC. The van der Waals surface area contributed by atoms with Gasteiger partial charge in [0, 0.05) is 0 Å². The van der Waals surface area contributed by atoms with Crippen molar-refractivity contribution >= 4 is 0 Å². The fraction of sp³-hybridized carbons (Fsp3) is 0.857. The Hall–Kier alpha value is -0.260. The maximum Gasteiger partial charge on any atom is -0.0346 e. The molecular weight excluding hydrogens is 168 g/mol. The lowest BCUT2D eigenvalue weighted by Crippen LogP contribution is -2.08. The smallest absolute Gasteiger partial charge is 0.0346 e. The standard InChI is InChI=1S/C12H24.C2H6/c1-5-7-8-9-10-11-12(3,4)6-2;1-2/h8-9H,5-7,10-11H2,1-4H3;1-2H3/b9-8-;. The highest BCUT2D eigenvalue weighted by atomic mass is 14.2. The fourth-order valence-electron chi connectivity index (χ4n) is 1.05. The minimum atomic E-state index is 0.538. The highest BCUT2D eigenvalue weighted by molar-refractivity contribution is 4.83. The van der Waals surface area contributed by atoms with Crippen LogP contribution in [0.3, 0.4) is 0 Å². The van der Waals surface area contributed by atoms with E-state index in [1.54, 1.807) is 0 Å². The lowest BCUT2D eigenvalue weighted by atomic mass is 9.85. The average molecular weight is 198 g/mol. The first-order valence-electron chi connectivity index (χ1n) is 6.27. The molecule has 0 aliphatic heterocycles. The summed E-state index contributed by atoms with van der Waals surface area (Å²) in [6.07, 6.45) is 11.0. The van der Waals surface area contributed by atoms with E-state index in [2.05, 4.69) is 39.8 Å². The molecule has 0 heterocycles. The third-order valence-electron chi connectivity index (χ3n) is 2.57. The third-order valence-corrected chi connectivity index (χ3v) is 2.57. The number of hydrogen-bond donors (Lipinski definition) is 0. The van der Waals surface area contributed by atoms with Gasteiger partial charge in [-0.25, -0.2) is 0 Å². The monoisotopic (exact) mass is 198 g/mol. The molecule has 0 aliphatic rings. The second-order valence-electron chi connectivity index (χ2n) is 4.32. The van der Waals surface area contributed by atoms with E-state index in [1.807, 2.05) is 13.8 Å². The molecule has 0 saturated heterocycles. The van der Waals surface area contributed by atoms with E-state index in [0.717, 1.165) is 0 Å². The number of hydrogen-bond acceptors (Lipinski definition) is 0. The average Bonchev–Trinajstić information content (AvgIpc) is 2.21. The van der Waals surface area contributed by atoms with Crippen molar-refractivity contribution in [3.05, 3.63) is 12.2 Å². The van der Waals surface area contributed by atoms with E-state index in [4.69, 9.17) is 0 Å². The molecule has 0 aromatic rings.